The lowest BCUT2D eigenvalue weighted by Crippen LogP contribution is -2.19. The fraction of sp³-hybridized carbons (Fsp3) is 0.357. The normalized spacial score (nSPS) is 12.0. The molecule has 0 fully saturated rings. The summed E-state index contributed by atoms with van der Waals surface area (Å²) in [5, 5.41) is 20.8. The van der Waals surface area contributed by atoms with Gasteiger partial charge in [-0.25, -0.2) is 0 Å². The molecule has 2 N–H and O–H groups in total. The van der Waals surface area contributed by atoms with Gasteiger partial charge in [0.15, 0.2) is 17.3 Å². The zero-order valence-electron chi connectivity index (χ0n) is 11.3. The Morgan fingerprint density at radius 3 is 2.16 bits per heavy atom. The van der Waals surface area contributed by atoms with Crippen LogP contribution in [0.25, 0.3) is 10.8 Å². The summed E-state index contributed by atoms with van der Waals surface area (Å²) in [7, 11) is 0. The molecule has 0 atom stereocenters. The zero-order valence-corrected chi connectivity index (χ0v) is 12.9. The fourth-order valence-electron chi connectivity index (χ4n) is 1.80. The maximum Gasteiger partial charge on any atom is 0.178 e. The minimum Gasteiger partial charge on any atom is -0.504 e. The summed E-state index contributed by atoms with van der Waals surface area (Å²) in [6.45, 7) is 5.62. The molecule has 3 nitrogen and oxygen atoms in total. The third-order valence-corrected chi connectivity index (χ3v) is 5.20. The molecule has 1 heterocycles. The predicted octanol–water partition coefficient (Wildman–Crippen LogP) is 4.26. The Morgan fingerprint density at radius 1 is 1.16 bits per heavy atom. The van der Waals surface area contributed by atoms with E-state index in [1.807, 2.05) is 27.0 Å². The lowest BCUT2D eigenvalue weighted by atomic mass is 9.89. The smallest absolute Gasteiger partial charge is 0.178 e. The highest BCUT2D eigenvalue weighted by molar-refractivity contribution is 8.00. The molecule has 5 heteroatoms. The number of Topliss-reactive ketones (excluding diaryl/α,β-unsaturated/α-hetero) is 1. The second-order valence-electron chi connectivity index (χ2n) is 5.39. The maximum absolute atomic E-state index is 12.5. The van der Waals surface area contributed by atoms with Crippen molar-refractivity contribution >= 4 is 39.7 Å². The van der Waals surface area contributed by atoms with Gasteiger partial charge < -0.3 is 10.2 Å². The Morgan fingerprint density at radius 2 is 1.68 bits per heavy atom. The van der Waals surface area contributed by atoms with E-state index in [0.29, 0.717) is 10.3 Å². The number of benzene rings is 1. The van der Waals surface area contributed by atoms with Crippen LogP contribution in [0, 0.1) is 5.41 Å². The average Bonchev–Trinajstić information content (AvgIpc) is 2.65. The third kappa shape index (κ3) is 2.44. The highest BCUT2D eigenvalue weighted by Crippen LogP contribution is 2.43. The molecule has 0 bridgehead atoms. The number of carbonyl (C=O) groups excluding carboxylic acids is 1. The number of hydrogen-bond acceptors (Lipinski definition) is 5. The maximum atomic E-state index is 12.5. The van der Waals surface area contributed by atoms with Gasteiger partial charge in [-0.15, -0.1) is 23.1 Å². The van der Waals surface area contributed by atoms with Crippen LogP contribution in [-0.2, 0) is 0 Å². The standard InChI is InChI=1S/C14H16O3S2/c1-14(2,3)12(17)11-7-5-9(15)10(16)6-8(7)13(18-4)19-11/h5-6,15-16H,1-4H3. The van der Waals surface area contributed by atoms with E-state index < -0.39 is 5.41 Å². The van der Waals surface area contributed by atoms with E-state index in [1.165, 1.54) is 35.2 Å². The third-order valence-electron chi connectivity index (χ3n) is 2.85. The van der Waals surface area contributed by atoms with Crippen LogP contribution < -0.4 is 0 Å². The van der Waals surface area contributed by atoms with Crippen molar-refractivity contribution in [2.75, 3.05) is 6.26 Å². The van der Waals surface area contributed by atoms with Crippen molar-refractivity contribution in [1.82, 2.24) is 0 Å². The molecule has 0 radical (unpaired) electrons. The Bertz CT molecular complexity index is 651. The number of thioether (sulfide) groups is 1. The first-order valence-corrected chi connectivity index (χ1v) is 7.87. The quantitative estimate of drug-likeness (QED) is 0.494. The molecular weight excluding hydrogens is 280 g/mol. The molecule has 2 aromatic rings. The summed E-state index contributed by atoms with van der Waals surface area (Å²) in [6, 6.07) is 2.99. The largest absolute Gasteiger partial charge is 0.504 e. The van der Waals surface area contributed by atoms with Gasteiger partial charge >= 0.3 is 0 Å². The van der Waals surface area contributed by atoms with E-state index in [2.05, 4.69) is 0 Å². The van der Waals surface area contributed by atoms with Gasteiger partial charge in [0.25, 0.3) is 0 Å². The van der Waals surface area contributed by atoms with Crippen LogP contribution in [-0.4, -0.2) is 22.3 Å². The number of rotatable bonds is 2. The number of thiophene rings is 1. The second-order valence-corrected chi connectivity index (χ2v) is 7.48. The monoisotopic (exact) mass is 296 g/mol. The first kappa shape index (κ1) is 14.2. The molecule has 19 heavy (non-hydrogen) atoms. The first-order valence-electron chi connectivity index (χ1n) is 5.83. The van der Waals surface area contributed by atoms with Crippen molar-refractivity contribution in [1.29, 1.82) is 0 Å². The highest BCUT2D eigenvalue weighted by atomic mass is 32.2. The predicted molar refractivity (Wildman–Crippen MR) is 80.7 cm³/mol. The molecule has 0 aliphatic carbocycles. The first-order chi connectivity index (χ1) is 8.75. The molecule has 102 valence electrons. The topological polar surface area (TPSA) is 57.5 Å². The highest BCUT2D eigenvalue weighted by Gasteiger charge is 2.27. The Kier molecular flexibility index (Phi) is 3.53. The SMILES string of the molecule is CSc1sc(C(=O)C(C)(C)C)c2cc(O)c(O)cc12. The van der Waals surface area contributed by atoms with Gasteiger partial charge in [-0.3, -0.25) is 4.79 Å². The van der Waals surface area contributed by atoms with Crippen molar-refractivity contribution in [3.05, 3.63) is 17.0 Å². The summed E-state index contributed by atoms with van der Waals surface area (Å²) in [5.41, 5.74) is -0.471. The van der Waals surface area contributed by atoms with Gasteiger partial charge in [0, 0.05) is 16.2 Å². The average molecular weight is 296 g/mol. The van der Waals surface area contributed by atoms with Crippen molar-refractivity contribution < 1.29 is 15.0 Å². The van der Waals surface area contributed by atoms with Crippen LogP contribution in [0.15, 0.2) is 16.3 Å². The second kappa shape index (κ2) is 4.72. The lowest BCUT2D eigenvalue weighted by molar-refractivity contribution is 0.0864. The van der Waals surface area contributed by atoms with E-state index in [-0.39, 0.29) is 17.3 Å². The fourth-order valence-corrected chi connectivity index (χ4v) is 3.91. The van der Waals surface area contributed by atoms with E-state index >= 15 is 0 Å². The molecule has 0 saturated carbocycles. The van der Waals surface area contributed by atoms with Gasteiger partial charge in [-0.1, -0.05) is 20.8 Å². The lowest BCUT2D eigenvalue weighted by Gasteiger charge is -2.15. The molecule has 0 saturated heterocycles. The van der Waals surface area contributed by atoms with Gasteiger partial charge in [-0.05, 0) is 18.4 Å². The van der Waals surface area contributed by atoms with E-state index in [4.69, 9.17) is 0 Å². The van der Waals surface area contributed by atoms with Crippen molar-refractivity contribution in [3.8, 4) is 11.5 Å². The number of phenolic OH excluding ortho intramolecular Hbond substituents is 2. The molecule has 0 spiro atoms. The van der Waals surface area contributed by atoms with E-state index in [1.54, 1.807) is 0 Å². The van der Waals surface area contributed by atoms with Crippen molar-refractivity contribution in [2.24, 2.45) is 5.41 Å². The minimum atomic E-state index is -0.471. The molecule has 0 amide bonds. The number of aromatic hydroxyl groups is 2. The molecular formula is C14H16O3S2. The Labute approximate surface area is 120 Å². The van der Waals surface area contributed by atoms with Crippen LogP contribution in [0.1, 0.15) is 30.4 Å². The van der Waals surface area contributed by atoms with Crippen LogP contribution in [0.2, 0.25) is 0 Å². The van der Waals surface area contributed by atoms with Gasteiger partial charge in [-0.2, -0.15) is 0 Å². The van der Waals surface area contributed by atoms with E-state index in [9.17, 15) is 15.0 Å². The van der Waals surface area contributed by atoms with Crippen molar-refractivity contribution in [2.45, 2.75) is 25.0 Å². The Hall–Kier alpha value is -1.20. The number of phenols is 2. The van der Waals surface area contributed by atoms with Gasteiger partial charge in [0.05, 0.1) is 9.09 Å². The molecule has 2 rings (SSSR count). The van der Waals surface area contributed by atoms with E-state index in [0.717, 1.165) is 9.60 Å². The van der Waals surface area contributed by atoms with Crippen LogP contribution in [0.3, 0.4) is 0 Å². The molecule has 1 aromatic carbocycles. The zero-order chi connectivity index (χ0) is 14.4. The number of ketones is 1. The number of hydrogen-bond donors (Lipinski definition) is 2. The summed E-state index contributed by atoms with van der Waals surface area (Å²) >= 11 is 2.95. The van der Waals surface area contributed by atoms with Crippen molar-refractivity contribution in [3.63, 3.8) is 0 Å². The molecule has 0 aliphatic rings. The summed E-state index contributed by atoms with van der Waals surface area (Å²) < 4.78 is 0.970. The summed E-state index contributed by atoms with van der Waals surface area (Å²) in [6.07, 6.45) is 1.93. The van der Waals surface area contributed by atoms with Gasteiger partial charge in [0.2, 0.25) is 0 Å². The number of carbonyl (C=O) groups is 1. The van der Waals surface area contributed by atoms with Gasteiger partial charge in [0.1, 0.15) is 0 Å². The molecule has 0 unspecified atom stereocenters. The number of fused-ring (bicyclic) bond motifs is 1. The Balaban J connectivity index is 2.76. The summed E-state index contributed by atoms with van der Waals surface area (Å²) in [4.78, 5) is 13.1. The van der Waals surface area contributed by atoms with Crippen LogP contribution >= 0.6 is 23.1 Å². The van der Waals surface area contributed by atoms with Crippen LogP contribution in [0.5, 0.6) is 11.5 Å². The van der Waals surface area contributed by atoms with Crippen LogP contribution in [0.4, 0.5) is 0 Å². The minimum absolute atomic E-state index is 0.0490. The molecule has 0 aliphatic heterocycles. The molecule has 1 aromatic heterocycles. The summed E-state index contributed by atoms with van der Waals surface area (Å²) in [5.74, 6) is -0.302.